The average molecular weight is 438 g/mol. The van der Waals surface area contributed by atoms with Crippen molar-refractivity contribution >= 4 is 17.7 Å². The van der Waals surface area contributed by atoms with Gasteiger partial charge in [0.25, 0.3) is 0 Å². The zero-order chi connectivity index (χ0) is 21.6. The van der Waals surface area contributed by atoms with Crippen LogP contribution in [0.25, 0.3) is 0 Å². The summed E-state index contributed by atoms with van der Waals surface area (Å²) < 4.78 is 6.89. The highest BCUT2D eigenvalue weighted by Crippen LogP contribution is 2.25. The highest BCUT2D eigenvalue weighted by molar-refractivity contribution is 7.99. The van der Waals surface area contributed by atoms with Crippen molar-refractivity contribution < 1.29 is 9.53 Å². The third-order valence-corrected chi connectivity index (χ3v) is 6.53. The molecule has 1 amide bonds. The zero-order valence-electron chi connectivity index (χ0n) is 17.9. The van der Waals surface area contributed by atoms with Crippen molar-refractivity contribution in [2.45, 2.75) is 50.4 Å². The Kier molecular flexibility index (Phi) is 6.86. The first-order valence-electron chi connectivity index (χ1n) is 10.6. The Morgan fingerprint density at radius 3 is 2.71 bits per heavy atom. The summed E-state index contributed by atoms with van der Waals surface area (Å²) in [7, 11) is 1.64. The van der Waals surface area contributed by atoms with Crippen molar-refractivity contribution in [2.24, 2.45) is 0 Å². The fourth-order valence-corrected chi connectivity index (χ4v) is 4.51. The summed E-state index contributed by atoms with van der Waals surface area (Å²) in [5, 5.41) is 15.6. The number of tetrazole rings is 1. The van der Waals surface area contributed by atoms with Gasteiger partial charge in [-0.05, 0) is 77.4 Å². The van der Waals surface area contributed by atoms with Crippen LogP contribution >= 0.6 is 11.8 Å². The number of fused-ring (bicyclic) bond motifs is 1. The lowest BCUT2D eigenvalue weighted by Crippen LogP contribution is -2.28. The van der Waals surface area contributed by atoms with E-state index in [1.807, 2.05) is 31.2 Å². The number of aromatic nitrogens is 4. The summed E-state index contributed by atoms with van der Waals surface area (Å²) in [4.78, 5) is 12.5. The summed E-state index contributed by atoms with van der Waals surface area (Å²) in [6.45, 7) is 2.56. The van der Waals surface area contributed by atoms with Crippen molar-refractivity contribution in [3.05, 3.63) is 64.7 Å². The molecule has 31 heavy (non-hydrogen) atoms. The Morgan fingerprint density at radius 2 is 1.94 bits per heavy atom. The lowest BCUT2D eigenvalue weighted by atomic mass is 9.89. The number of hydrogen-bond donors (Lipinski definition) is 1. The fourth-order valence-electron chi connectivity index (χ4n) is 3.82. The van der Waals surface area contributed by atoms with Crippen molar-refractivity contribution in [3.63, 3.8) is 0 Å². The van der Waals surface area contributed by atoms with Gasteiger partial charge in [-0.2, -0.15) is 0 Å². The molecule has 162 valence electrons. The third kappa shape index (κ3) is 5.44. The second kappa shape index (κ2) is 9.96. The summed E-state index contributed by atoms with van der Waals surface area (Å²) in [6, 6.07) is 14.3. The average Bonchev–Trinajstić information content (AvgIpc) is 3.24. The Morgan fingerprint density at radius 1 is 1.16 bits per heavy atom. The largest absolute Gasteiger partial charge is 0.497 e. The van der Waals surface area contributed by atoms with E-state index in [0.717, 1.165) is 29.7 Å². The van der Waals surface area contributed by atoms with Crippen LogP contribution in [0, 0.1) is 0 Å². The molecule has 1 atom stereocenters. The van der Waals surface area contributed by atoms with Crippen LogP contribution in [0.2, 0.25) is 0 Å². The fraction of sp³-hybridized carbons (Fsp3) is 0.391. The minimum Gasteiger partial charge on any atom is -0.497 e. The summed E-state index contributed by atoms with van der Waals surface area (Å²) in [6.07, 6.45) is 4.82. The second-order valence-electron chi connectivity index (χ2n) is 7.78. The van der Waals surface area contributed by atoms with Gasteiger partial charge in [0, 0.05) is 0 Å². The van der Waals surface area contributed by atoms with E-state index in [-0.39, 0.29) is 17.7 Å². The van der Waals surface area contributed by atoms with E-state index in [2.05, 4.69) is 39.0 Å². The van der Waals surface area contributed by atoms with E-state index in [4.69, 9.17) is 4.74 Å². The summed E-state index contributed by atoms with van der Waals surface area (Å²) >= 11 is 1.34. The van der Waals surface area contributed by atoms with Gasteiger partial charge in [-0.15, -0.1) is 5.10 Å². The quantitative estimate of drug-likeness (QED) is 0.543. The van der Waals surface area contributed by atoms with E-state index in [9.17, 15) is 4.79 Å². The van der Waals surface area contributed by atoms with Crippen LogP contribution in [0.4, 0.5) is 0 Å². The molecule has 4 rings (SSSR count). The van der Waals surface area contributed by atoms with E-state index in [1.165, 1.54) is 35.7 Å². The molecule has 1 aliphatic rings. The maximum absolute atomic E-state index is 12.5. The van der Waals surface area contributed by atoms with Gasteiger partial charge < -0.3 is 10.1 Å². The van der Waals surface area contributed by atoms with Gasteiger partial charge in [0.05, 0.1) is 25.4 Å². The summed E-state index contributed by atoms with van der Waals surface area (Å²) in [5.41, 5.74) is 5.09. The number of carbonyl (C=O) groups is 1. The lowest BCUT2D eigenvalue weighted by Gasteiger charge is -2.20. The molecule has 0 unspecified atom stereocenters. The molecule has 1 aromatic heterocycles. The topological polar surface area (TPSA) is 81.9 Å². The number of thioether (sulfide) groups is 1. The molecule has 3 aromatic rings. The zero-order valence-corrected chi connectivity index (χ0v) is 18.7. The Balaban J connectivity index is 1.31. The molecule has 0 saturated carbocycles. The Labute approximate surface area is 186 Å². The molecule has 8 heteroatoms. The van der Waals surface area contributed by atoms with Crippen LogP contribution in [-0.2, 0) is 24.2 Å². The third-order valence-electron chi connectivity index (χ3n) is 5.57. The molecule has 0 bridgehead atoms. The molecular weight excluding hydrogens is 410 g/mol. The van der Waals surface area contributed by atoms with Crippen LogP contribution in [0.3, 0.4) is 0 Å². The Bertz CT molecular complexity index is 1030. The first-order chi connectivity index (χ1) is 15.1. The van der Waals surface area contributed by atoms with E-state index in [1.54, 1.807) is 11.8 Å². The molecule has 1 heterocycles. The SMILES string of the molecule is COc1ccc(Cn2nnnc2SCC(=O)N[C@@H](C)c2ccc3c(c2)CCCC3)cc1. The van der Waals surface area contributed by atoms with Gasteiger partial charge in [-0.3, -0.25) is 4.79 Å². The lowest BCUT2D eigenvalue weighted by molar-refractivity contribution is -0.119. The van der Waals surface area contributed by atoms with Gasteiger partial charge >= 0.3 is 0 Å². The van der Waals surface area contributed by atoms with E-state index < -0.39 is 0 Å². The molecule has 7 nitrogen and oxygen atoms in total. The number of ether oxygens (including phenoxy) is 1. The molecule has 1 N–H and O–H groups in total. The predicted octanol–water partition coefficient (Wildman–Crippen LogP) is 3.58. The highest BCUT2D eigenvalue weighted by Gasteiger charge is 2.16. The van der Waals surface area contributed by atoms with Gasteiger partial charge in [0.2, 0.25) is 11.1 Å². The molecule has 2 aromatic carbocycles. The highest BCUT2D eigenvalue weighted by atomic mass is 32.2. The molecule has 0 spiro atoms. The number of hydrogen-bond acceptors (Lipinski definition) is 6. The number of carbonyl (C=O) groups excluding carboxylic acids is 1. The normalized spacial score (nSPS) is 14.0. The van der Waals surface area contributed by atoms with Crippen LogP contribution in [0.1, 0.15) is 48.1 Å². The molecular formula is C23H27N5O2S. The monoisotopic (exact) mass is 437 g/mol. The number of benzene rings is 2. The number of nitrogens with one attached hydrogen (secondary N) is 1. The van der Waals surface area contributed by atoms with Crippen molar-refractivity contribution in [1.29, 1.82) is 0 Å². The molecule has 0 aliphatic heterocycles. The van der Waals surface area contributed by atoms with Gasteiger partial charge in [0.1, 0.15) is 5.75 Å². The number of aryl methyl sites for hydroxylation is 2. The first kappa shape index (κ1) is 21.4. The van der Waals surface area contributed by atoms with Crippen LogP contribution < -0.4 is 10.1 Å². The van der Waals surface area contributed by atoms with Gasteiger partial charge in [0.15, 0.2) is 0 Å². The van der Waals surface area contributed by atoms with E-state index >= 15 is 0 Å². The van der Waals surface area contributed by atoms with E-state index in [0.29, 0.717) is 11.7 Å². The summed E-state index contributed by atoms with van der Waals surface area (Å²) in [5.74, 6) is 1.03. The minimum atomic E-state index is -0.0331. The van der Waals surface area contributed by atoms with Crippen molar-refractivity contribution in [3.8, 4) is 5.75 Å². The van der Waals surface area contributed by atoms with Gasteiger partial charge in [-0.1, -0.05) is 42.1 Å². The van der Waals surface area contributed by atoms with Crippen LogP contribution in [0.5, 0.6) is 5.75 Å². The van der Waals surface area contributed by atoms with Crippen molar-refractivity contribution in [1.82, 2.24) is 25.5 Å². The second-order valence-corrected chi connectivity index (χ2v) is 8.72. The molecule has 0 saturated heterocycles. The molecule has 0 fully saturated rings. The minimum absolute atomic E-state index is 0.0318. The van der Waals surface area contributed by atoms with Crippen LogP contribution in [0.15, 0.2) is 47.6 Å². The predicted molar refractivity (Wildman–Crippen MR) is 120 cm³/mol. The molecule has 1 aliphatic carbocycles. The smallest absolute Gasteiger partial charge is 0.230 e. The number of methoxy groups -OCH3 is 1. The first-order valence-corrected chi connectivity index (χ1v) is 11.5. The number of amides is 1. The Hall–Kier alpha value is -2.87. The maximum atomic E-state index is 12.5. The standard InChI is InChI=1S/C23H27N5O2S/c1-16(19-10-9-18-5-3-4-6-20(18)13-19)24-22(29)15-31-23-25-26-27-28(23)14-17-7-11-21(30-2)12-8-17/h7-13,16H,3-6,14-15H2,1-2H3,(H,24,29)/t16-/m0/s1. The number of nitrogens with zero attached hydrogens (tertiary/aromatic N) is 4. The number of rotatable bonds is 8. The van der Waals surface area contributed by atoms with Crippen LogP contribution in [-0.4, -0.2) is 39.0 Å². The van der Waals surface area contributed by atoms with Gasteiger partial charge in [-0.25, -0.2) is 4.68 Å². The maximum Gasteiger partial charge on any atom is 0.230 e. The van der Waals surface area contributed by atoms with Crippen molar-refractivity contribution in [2.75, 3.05) is 12.9 Å². The molecule has 0 radical (unpaired) electrons.